The molecule has 0 amide bonds. The van der Waals surface area contributed by atoms with Gasteiger partial charge in [0.15, 0.2) is 0 Å². The second-order valence-electron chi connectivity index (χ2n) is 6.54. The summed E-state index contributed by atoms with van der Waals surface area (Å²) in [5, 5.41) is 4.65. The summed E-state index contributed by atoms with van der Waals surface area (Å²) < 4.78 is 5.99. The third-order valence-corrected chi connectivity index (χ3v) is 4.98. The highest BCUT2D eigenvalue weighted by molar-refractivity contribution is 7.11. The van der Waals surface area contributed by atoms with Crippen molar-refractivity contribution in [1.29, 1.82) is 0 Å². The lowest BCUT2D eigenvalue weighted by molar-refractivity contribution is -0.0325. The molecule has 0 aromatic carbocycles. The average Bonchev–Trinajstić information content (AvgIpc) is 2.79. The van der Waals surface area contributed by atoms with Gasteiger partial charge in [-0.15, -0.1) is 11.3 Å². The molecule has 0 aliphatic heterocycles. The van der Waals surface area contributed by atoms with Gasteiger partial charge in [0.1, 0.15) is 10.6 Å². The van der Waals surface area contributed by atoms with Crippen LogP contribution in [0.3, 0.4) is 0 Å². The Morgan fingerprint density at radius 2 is 1.90 bits per heavy atom. The normalized spacial score (nSPS) is 14.9. The Morgan fingerprint density at radius 3 is 2.38 bits per heavy atom. The number of ether oxygens (including phenoxy) is 1. The first-order valence-corrected chi connectivity index (χ1v) is 9.00. The Morgan fingerprint density at radius 1 is 1.24 bits per heavy atom. The van der Waals surface area contributed by atoms with Crippen molar-refractivity contribution < 1.29 is 4.74 Å². The van der Waals surface area contributed by atoms with Gasteiger partial charge < -0.3 is 10.1 Å². The molecule has 0 saturated carbocycles. The van der Waals surface area contributed by atoms with Crippen molar-refractivity contribution in [2.75, 3.05) is 6.61 Å². The van der Waals surface area contributed by atoms with Crippen molar-refractivity contribution in [3.05, 3.63) is 15.6 Å². The van der Waals surface area contributed by atoms with Crippen LogP contribution in [0.1, 0.15) is 70.5 Å². The zero-order chi connectivity index (χ0) is 16.0. The summed E-state index contributed by atoms with van der Waals surface area (Å²) in [6.45, 7) is 16.9. The molecular weight excluding hydrogens is 280 g/mol. The third-order valence-electron chi connectivity index (χ3n) is 3.64. The van der Waals surface area contributed by atoms with Crippen molar-refractivity contribution >= 4 is 11.3 Å². The van der Waals surface area contributed by atoms with Crippen LogP contribution in [0, 0.1) is 5.92 Å². The predicted octanol–water partition coefficient (Wildman–Crippen LogP) is 4.50. The maximum Gasteiger partial charge on any atom is 0.125 e. The zero-order valence-corrected chi connectivity index (χ0v) is 15.6. The Balaban J connectivity index is 3.05. The number of thiazole rings is 1. The van der Waals surface area contributed by atoms with Crippen molar-refractivity contribution in [3.8, 4) is 0 Å². The number of rotatable bonds is 9. The molecule has 3 nitrogen and oxygen atoms in total. The summed E-state index contributed by atoms with van der Waals surface area (Å²) in [6, 6.07) is 0.493. The van der Waals surface area contributed by atoms with Crippen LogP contribution in [0.25, 0.3) is 0 Å². The summed E-state index contributed by atoms with van der Waals surface area (Å²) in [5.74, 6) is 0.623. The summed E-state index contributed by atoms with van der Waals surface area (Å²) in [4.78, 5) is 6.31. The smallest absolute Gasteiger partial charge is 0.125 e. The highest BCUT2D eigenvalue weighted by Crippen LogP contribution is 2.34. The molecule has 0 saturated heterocycles. The quantitative estimate of drug-likeness (QED) is 0.729. The van der Waals surface area contributed by atoms with Gasteiger partial charge in [-0.3, -0.25) is 0 Å². The number of nitrogens with one attached hydrogen (secondary N) is 1. The summed E-state index contributed by atoms with van der Waals surface area (Å²) >= 11 is 1.82. The van der Waals surface area contributed by atoms with Crippen LogP contribution in [-0.4, -0.2) is 17.6 Å². The van der Waals surface area contributed by atoms with Gasteiger partial charge >= 0.3 is 0 Å². The van der Waals surface area contributed by atoms with Gasteiger partial charge in [0, 0.05) is 24.1 Å². The van der Waals surface area contributed by atoms with E-state index in [1.165, 1.54) is 10.6 Å². The second kappa shape index (κ2) is 8.25. The summed E-state index contributed by atoms with van der Waals surface area (Å²) in [6.07, 6.45) is 1.99. The molecule has 0 spiro atoms. The van der Waals surface area contributed by atoms with E-state index in [9.17, 15) is 0 Å². The monoisotopic (exact) mass is 312 g/mol. The van der Waals surface area contributed by atoms with Crippen molar-refractivity contribution in [2.45, 2.75) is 79.5 Å². The van der Waals surface area contributed by atoms with Crippen molar-refractivity contribution in [2.24, 2.45) is 5.92 Å². The van der Waals surface area contributed by atoms with Gasteiger partial charge in [-0.05, 0) is 32.6 Å². The van der Waals surface area contributed by atoms with E-state index in [1.807, 2.05) is 11.3 Å². The molecule has 0 aliphatic rings. The second-order valence-corrected chi connectivity index (χ2v) is 7.62. The van der Waals surface area contributed by atoms with Crippen molar-refractivity contribution in [3.63, 3.8) is 0 Å². The van der Waals surface area contributed by atoms with E-state index in [0.717, 1.165) is 31.0 Å². The molecule has 1 N–H and O–H groups in total. The average molecular weight is 313 g/mol. The van der Waals surface area contributed by atoms with Gasteiger partial charge in [0.2, 0.25) is 0 Å². The molecule has 0 aliphatic carbocycles. The van der Waals surface area contributed by atoms with Gasteiger partial charge in [-0.1, -0.05) is 34.6 Å². The minimum Gasteiger partial charge on any atom is -0.368 e. The number of hydrogen-bond acceptors (Lipinski definition) is 4. The summed E-state index contributed by atoms with van der Waals surface area (Å²) in [5.41, 5.74) is 0.999. The fourth-order valence-corrected chi connectivity index (χ4v) is 3.43. The largest absolute Gasteiger partial charge is 0.368 e. The van der Waals surface area contributed by atoms with Gasteiger partial charge in [-0.2, -0.15) is 0 Å². The van der Waals surface area contributed by atoms with Crippen molar-refractivity contribution in [1.82, 2.24) is 10.3 Å². The van der Waals surface area contributed by atoms with Crippen LogP contribution in [-0.2, 0) is 23.3 Å². The molecule has 1 atom stereocenters. The lowest BCUT2D eigenvalue weighted by atomic mass is 10.0. The van der Waals surface area contributed by atoms with E-state index < -0.39 is 0 Å². The highest BCUT2D eigenvalue weighted by Gasteiger charge is 2.30. The minimum absolute atomic E-state index is 0.249. The van der Waals surface area contributed by atoms with E-state index in [0.29, 0.717) is 12.0 Å². The molecule has 1 heterocycles. The SMILES string of the molecule is CCOC(C)(CC)c1nc(CC(C)C)c(CNC(C)C)s1. The Labute approximate surface area is 134 Å². The third kappa shape index (κ3) is 5.35. The Hall–Kier alpha value is -0.450. The van der Waals surface area contributed by atoms with Gasteiger partial charge in [-0.25, -0.2) is 4.98 Å². The Kier molecular flexibility index (Phi) is 7.31. The van der Waals surface area contributed by atoms with Crippen LogP contribution in [0.15, 0.2) is 0 Å². The molecule has 21 heavy (non-hydrogen) atoms. The first-order valence-electron chi connectivity index (χ1n) is 8.18. The molecule has 1 aromatic rings. The van der Waals surface area contributed by atoms with Gasteiger partial charge in [0.25, 0.3) is 0 Å². The Bertz CT molecular complexity index is 428. The topological polar surface area (TPSA) is 34.1 Å². The molecule has 0 radical (unpaired) electrons. The molecule has 1 aromatic heterocycles. The standard InChI is InChI=1S/C17H32N2OS/c1-8-17(7,20-9-2)16-19-14(10-12(3)4)15(21-16)11-18-13(5)6/h12-13,18H,8-11H2,1-7H3. The molecular formula is C17H32N2OS. The van der Waals surface area contributed by atoms with Crippen LogP contribution < -0.4 is 5.32 Å². The predicted molar refractivity (Wildman–Crippen MR) is 91.9 cm³/mol. The van der Waals surface area contributed by atoms with Gasteiger partial charge in [0.05, 0.1) is 5.69 Å². The number of nitrogens with zero attached hydrogens (tertiary/aromatic N) is 1. The lowest BCUT2D eigenvalue weighted by Gasteiger charge is -2.25. The van der Waals surface area contributed by atoms with E-state index in [4.69, 9.17) is 9.72 Å². The zero-order valence-electron chi connectivity index (χ0n) is 14.7. The molecule has 0 fully saturated rings. The van der Waals surface area contributed by atoms with Crippen LogP contribution >= 0.6 is 11.3 Å². The molecule has 1 rings (SSSR count). The van der Waals surface area contributed by atoms with E-state index >= 15 is 0 Å². The van der Waals surface area contributed by atoms with E-state index in [-0.39, 0.29) is 5.60 Å². The maximum atomic E-state index is 5.99. The first-order chi connectivity index (χ1) is 9.82. The van der Waals surface area contributed by atoms with Crippen LogP contribution in [0.2, 0.25) is 0 Å². The number of hydrogen-bond donors (Lipinski definition) is 1. The van der Waals surface area contributed by atoms with Crippen LogP contribution in [0.4, 0.5) is 0 Å². The minimum atomic E-state index is -0.249. The first kappa shape index (κ1) is 18.6. The van der Waals surface area contributed by atoms with E-state index in [1.54, 1.807) is 0 Å². The number of aromatic nitrogens is 1. The molecule has 0 bridgehead atoms. The maximum absolute atomic E-state index is 5.99. The highest BCUT2D eigenvalue weighted by atomic mass is 32.1. The van der Waals surface area contributed by atoms with E-state index in [2.05, 4.69) is 53.8 Å². The molecule has 1 unspecified atom stereocenters. The fraction of sp³-hybridized carbons (Fsp3) is 0.824. The fourth-order valence-electron chi connectivity index (χ4n) is 2.22. The molecule has 122 valence electrons. The molecule has 4 heteroatoms. The summed E-state index contributed by atoms with van der Waals surface area (Å²) in [7, 11) is 0. The van der Waals surface area contributed by atoms with Crippen LogP contribution in [0.5, 0.6) is 0 Å². The lowest BCUT2D eigenvalue weighted by Crippen LogP contribution is -2.24.